The van der Waals surface area contributed by atoms with Crippen molar-refractivity contribution in [2.45, 2.75) is 6.42 Å². The Morgan fingerprint density at radius 2 is 2.46 bits per heavy atom. The molecule has 0 aliphatic carbocycles. The maximum absolute atomic E-state index is 4.03. The summed E-state index contributed by atoms with van der Waals surface area (Å²) >= 11 is 3.12. The fraction of sp³-hybridized carbons (Fsp3) is 0.250. The average molecular weight is 211 g/mol. The molecule has 68 valence electrons. The maximum Gasteiger partial charge on any atom is 0.202 e. The van der Waals surface area contributed by atoms with E-state index < -0.39 is 0 Å². The van der Waals surface area contributed by atoms with Crippen molar-refractivity contribution < 1.29 is 0 Å². The van der Waals surface area contributed by atoms with Crippen LogP contribution >= 0.6 is 22.9 Å². The van der Waals surface area contributed by atoms with Crippen LogP contribution in [0.2, 0.25) is 0 Å². The third-order valence-electron chi connectivity index (χ3n) is 1.63. The molecule has 0 fully saturated rings. The molecule has 0 bridgehead atoms. The molecule has 0 unspecified atom stereocenters. The molecule has 0 radical (unpaired) electrons. The summed E-state index contributed by atoms with van der Waals surface area (Å²) in [4.78, 5) is 4.03. The zero-order valence-corrected chi connectivity index (χ0v) is 8.57. The van der Waals surface area contributed by atoms with Gasteiger partial charge in [0.25, 0.3) is 0 Å². The Morgan fingerprint density at radius 1 is 1.46 bits per heavy atom. The average Bonchev–Trinajstić information content (AvgIpc) is 2.75. The SMILES string of the molecule is c1nsc(NCCc2ccsc2)n1. The number of nitrogens with zero attached hydrogens (tertiary/aromatic N) is 2. The van der Waals surface area contributed by atoms with Crippen LogP contribution in [0.25, 0.3) is 0 Å². The molecule has 0 spiro atoms. The predicted molar refractivity (Wildman–Crippen MR) is 56.4 cm³/mol. The van der Waals surface area contributed by atoms with Gasteiger partial charge in [-0.2, -0.15) is 15.7 Å². The number of rotatable bonds is 4. The lowest BCUT2D eigenvalue weighted by Crippen LogP contribution is -2.03. The highest BCUT2D eigenvalue weighted by Crippen LogP contribution is 2.09. The topological polar surface area (TPSA) is 37.8 Å². The van der Waals surface area contributed by atoms with Gasteiger partial charge >= 0.3 is 0 Å². The fourth-order valence-corrected chi connectivity index (χ4v) is 2.16. The summed E-state index contributed by atoms with van der Waals surface area (Å²) < 4.78 is 3.91. The smallest absolute Gasteiger partial charge is 0.202 e. The first-order chi connectivity index (χ1) is 6.45. The van der Waals surface area contributed by atoms with Gasteiger partial charge in [0.15, 0.2) is 0 Å². The van der Waals surface area contributed by atoms with E-state index in [4.69, 9.17) is 0 Å². The van der Waals surface area contributed by atoms with E-state index in [-0.39, 0.29) is 0 Å². The van der Waals surface area contributed by atoms with E-state index in [2.05, 4.69) is 31.5 Å². The van der Waals surface area contributed by atoms with Crippen LogP contribution < -0.4 is 5.32 Å². The monoisotopic (exact) mass is 211 g/mol. The Hall–Kier alpha value is -0.940. The van der Waals surface area contributed by atoms with Crippen molar-refractivity contribution in [1.82, 2.24) is 9.36 Å². The molecule has 0 saturated carbocycles. The molecule has 0 amide bonds. The van der Waals surface area contributed by atoms with Crippen molar-refractivity contribution >= 4 is 28.0 Å². The second kappa shape index (κ2) is 4.34. The largest absolute Gasteiger partial charge is 0.360 e. The maximum atomic E-state index is 4.03. The van der Waals surface area contributed by atoms with Crippen molar-refractivity contribution in [3.05, 3.63) is 28.7 Å². The van der Waals surface area contributed by atoms with Crippen LogP contribution in [-0.2, 0) is 6.42 Å². The molecule has 2 aromatic heterocycles. The highest BCUT2D eigenvalue weighted by molar-refractivity contribution is 7.09. The Kier molecular flexibility index (Phi) is 2.89. The molecule has 2 aromatic rings. The van der Waals surface area contributed by atoms with E-state index in [1.807, 2.05) is 0 Å². The molecule has 0 aliphatic heterocycles. The lowest BCUT2D eigenvalue weighted by Gasteiger charge is -1.98. The third-order valence-corrected chi connectivity index (χ3v) is 2.99. The normalized spacial score (nSPS) is 10.2. The zero-order valence-electron chi connectivity index (χ0n) is 6.93. The van der Waals surface area contributed by atoms with Gasteiger partial charge in [0.2, 0.25) is 5.13 Å². The van der Waals surface area contributed by atoms with Crippen molar-refractivity contribution in [1.29, 1.82) is 0 Å². The number of hydrogen-bond donors (Lipinski definition) is 1. The first kappa shape index (κ1) is 8.65. The summed E-state index contributed by atoms with van der Waals surface area (Å²) in [6.07, 6.45) is 2.61. The van der Waals surface area contributed by atoms with Crippen LogP contribution in [0.1, 0.15) is 5.56 Å². The van der Waals surface area contributed by atoms with Gasteiger partial charge < -0.3 is 5.32 Å². The highest BCUT2D eigenvalue weighted by Gasteiger charge is 1.95. The molecule has 3 nitrogen and oxygen atoms in total. The molecule has 2 heterocycles. The zero-order chi connectivity index (χ0) is 8.93. The molecular formula is C8H9N3S2. The van der Waals surface area contributed by atoms with E-state index in [1.54, 1.807) is 17.7 Å². The number of thiophene rings is 1. The van der Waals surface area contributed by atoms with Crippen molar-refractivity contribution in [3.63, 3.8) is 0 Å². The minimum atomic E-state index is 0.898. The van der Waals surface area contributed by atoms with Crippen LogP contribution in [0.5, 0.6) is 0 Å². The Bertz CT molecular complexity index is 294. The van der Waals surface area contributed by atoms with Crippen LogP contribution in [0.3, 0.4) is 0 Å². The summed E-state index contributed by atoms with van der Waals surface area (Å²) in [6.45, 7) is 0.923. The molecule has 0 saturated heterocycles. The van der Waals surface area contributed by atoms with Crippen molar-refractivity contribution in [2.75, 3.05) is 11.9 Å². The minimum absolute atomic E-state index is 0.898. The van der Waals surface area contributed by atoms with Gasteiger partial charge in [0, 0.05) is 18.1 Å². The second-order valence-corrected chi connectivity index (χ2v) is 4.11. The van der Waals surface area contributed by atoms with Crippen LogP contribution in [0, 0.1) is 0 Å². The van der Waals surface area contributed by atoms with E-state index >= 15 is 0 Å². The number of nitrogens with one attached hydrogen (secondary N) is 1. The molecule has 0 aromatic carbocycles. The fourth-order valence-electron chi connectivity index (χ4n) is 1.000. The highest BCUT2D eigenvalue weighted by atomic mass is 32.1. The Balaban J connectivity index is 1.76. The minimum Gasteiger partial charge on any atom is -0.360 e. The molecular weight excluding hydrogens is 202 g/mol. The Morgan fingerprint density at radius 3 is 3.15 bits per heavy atom. The standard InChI is InChI=1S/C8H9N3S2/c1(7-2-4-12-5-7)3-9-8-10-6-11-13-8/h2,4-6H,1,3H2,(H,9,10,11). The van der Waals surface area contributed by atoms with Crippen LogP contribution in [0.4, 0.5) is 5.13 Å². The molecule has 5 heteroatoms. The van der Waals surface area contributed by atoms with E-state index in [0.717, 1.165) is 18.1 Å². The van der Waals surface area contributed by atoms with Crippen LogP contribution in [0.15, 0.2) is 23.2 Å². The molecule has 0 aliphatic rings. The summed E-state index contributed by atoms with van der Waals surface area (Å²) in [6, 6.07) is 2.15. The van der Waals surface area contributed by atoms with E-state index in [1.165, 1.54) is 17.1 Å². The molecule has 2 rings (SSSR count). The third kappa shape index (κ3) is 2.50. The lowest BCUT2D eigenvalue weighted by molar-refractivity contribution is 1.02. The Labute approximate surface area is 84.6 Å². The quantitative estimate of drug-likeness (QED) is 0.843. The molecule has 13 heavy (non-hydrogen) atoms. The molecule has 0 atom stereocenters. The van der Waals surface area contributed by atoms with E-state index in [9.17, 15) is 0 Å². The summed E-state index contributed by atoms with van der Waals surface area (Å²) in [5.74, 6) is 0. The van der Waals surface area contributed by atoms with Gasteiger partial charge in [-0.25, -0.2) is 4.98 Å². The number of anilines is 1. The van der Waals surface area contributed by atoms with Gasteiger partial charge in [-0.1, -0.05) is 0 Å². The predicted octanol–water partition coefficient (Wildman–Crippen LogP) is 2.25. The van der Waals surface area contributed by atoms with Crippen molar-refractivity contribution in [2.24, 2.45) is 0 Å². The second-order valence-electron chi connectivity index (χ2n) is 2.55. The van der Waals surface area contributed by atoms with Gasteiger partial charge in [-0.15, -0.1) is 0 Å². The van der Waals surface area contributed by atoms with Gasteiger partial charge in [-0.3, -0.25) is 0 Å². The van der Waals surface area contributed by atoms with Crippen LogP contribution in [-0.4, -0.2) is 15.9 Å². The summed E-state index contributed by atoms with van der Waals surface area (Å²) in [7, 11) is 0. The first-order valence-electron chi connectivity index (χ1n) is 3.97. The summed E-state index contributed by atoms with van der Waals surface area (Å²) in [5.41, 5.74) is 1.38. The van der Waals surface area contributed by atoms with Gasteiger partial charge in [0.1, 0.15) is 6.33 Å². The summed E-state index contributed by atoms with van der Waals surface area (Å²) in [5, 5.41) is 8.38. The van der Waals surface area contributed by atoms with E-state index in [0.29, 0.717) is 0 Å². The number of hydrogen-bond acceptors (Lipinski definition) is 5. The van der Waals surface area contributed by atoms with Crippen molar-refractivity contribution in [3.8, 4) is 0 Å². The van der Waals surface area contributed by atoms with Gasteiger partial charge in [0.05, 0.1) is 0 Å². The first-order valence-corrected chi connectivity index (χ1v) is 5.68. The molecule has 1 N–H and O–H groups in total. The van der Waals surface area contributed by atoms with Gasteiger partial charge in [-0.05, 0) is 28.8 Å². The lowest BCUT2D eigenvalue weighted by atomic mass is 10.2. The number of aromatic nitrogens is 2.